The van der Waals surface area contributed by atoms with E-state index in [1.807, 2.05) is 0 Å². The topological polar surface area (TPSA) is 102 Å². The minimum Gasteiger partial charge on any atom is -0.385 e. The Labute approximate surface area is 185 Å². The number of piperidine rings is 1. The molecular weight excluding hydrogens is 422 g/mol. The number of halogens is 1. The van der Waals surface area contributed by atoms with Crippen LogP contribution in [0.4, 0.5) is 5.82 Å². The van der Waals surface area contributed by atoms with Gasteiger partial charge in [-0.1, -0.05) is 23.4 Å². The van der Waals surface area contributed by atoms with Crippen molar-refractivity contribution in [3.05, 3.63) is 45.7 Å². The Morgan fingerprint density at radius 2 is 1.87 bits per heavy atom. The monoisotopic (exact) mass is 449 g/mol. The number of nitrogen functional groups attached to an aromatic ring is 1. The molecule has 2 aromatic rings. The highest BCUT2D eigenvalue weighted by molar-refractivity contribution is 7.99. The van der Waals surface area contributed by atoms with Gasteiger partial charge in [0.05, 0.1) is 5.75 Å². The number of nitrogens with zero attached hydrogens (tertiary/aromatic N) is 2. The number of carbonyl (C=O) groups is 1. The quantitative estimate of drug-likeness (QED) is 0.479. The Morgan fingerprint density at radius 3 is 2.47 bits per heavy atom. The molecule has 2 heterocycles. The maximum Gasteiger partial charge on any atom is 0.275 e. The largest absolute Gasteiger partial charge is 0.385 e. The van der Waals surface area contributed by atoms with Crippen LogP contribution in [0.1, 0.15) is 40.5 Å². The van der Waals surface area contributed by atoms with Crippen LogP contribution in [-0.2, 0) is 4.79 Å². The first-order valence-electron chi connectivity index (χ1n) is 9.81. The number of benzene rings is 1. The van der Waals surface area contributed by atoms with Gasteiger partial charge in [-0.3, -0.25) is 14.2 Å². The number of carbonyl (C=O) groups excluding carboxylic acids is 1. The van der Waals surface area contributed by atoms with Crippen LogP contribution in [0.2, 0.25) is 5.02 Å². The summed E-state index contributed by atoms with van der Waals surface area (Å²) in [4.78, 5) is 28.6. The fourth-order valence-corrected chi connectivity index (χ4v) is 5.21. The lowest BCUT2D eigenvalue weighted by Gasteiger charge is -2.46. The van der Waals surface area contributed by atoms with Crippen LogP contribution in [0.5, 0.6) is 0 Å². The molecule has 7 nitrogen and oxygen atoms in total. The number of thioether (sulfide) groups is 1. The van der Waals surface area contributed by atoms with Crippen LogP contribution in [-0.4, -0.2) is 38.3 Å². The standard InChI is InChI=1S/C21H28ClN5O2S/c1-20(2)10-14(11-21(3,4)26-20)24-18(29)12-30-19-25-17(28)9-16(23)27(19)15-7-5-13(22)6-8-15/h5-9,14,26H,10-12,23H2,1-4H3,(H,24,29). The van der Waals surface area contributed by atoms with Gasteiger partial charge in [0, 0.05) is 33.9 Å². The highest BCUT2D eigenvalue weighted by Crippen LogP contribution is 2.29. The van der Waals surface area contributed by atoms with E-state index in [1.165, 1.54) is 17.8 Å². The van der Waals surface area contributed by atoms with Gasteiger partial charge in [-0.2, -0.15) is 4.98 Å². The van der Waals surface area contributed by atoms with E-state index in [4.69, 9.17) is 17.3 Å². The Bertz CT molecular complexity index is 972. The first-order chi connectivity index (χ1) is 13.9. The predicted molar refractivity (Wildman–Crippen MR) is 122 cm³/mol. The predicted octanol–water partition coefficient (Wildman–Crippen LogP) is 2.99. The summed E-state index contributed by atoms with van der Waals surface area (Å²) in [5.74, 6) is 0.286. The van der Waals surface area contributed by atoms with Gasteiger partial charge in [0.2, 0.25) is 5.91 Å². The third kappa shape index (κ3) is 5.77. The molecule has 30 heavy (non-hydrogen) atoms. The van der Waals surface area contributed by atoms with Crippen LogP contribution in [0, 0.1) is 0 Å². The van der Waals surface area contributed by atoms with Gasteiger partial charge in [-0.25, -0.2) is 0 Å². The summed E-state index contributed by atoms with van der Waals surface area (Å²) in [5, 5.41) is 7.69. The zero-order chi connectivity index (χ0) is 22.1. The average molecular weight is 450 g/mol. The summed E-state index contributed by atoms with van der Waals surface area (Å²) < 4.78 is 1.65. The van der Waals surface area contributed by atoms with Crippen molar-refractivity contribution in [2.45, 2.75) is 62.8 Å². The third-order valence-electron chi connectivity index (χ3n) is 4.90. The van der Waals surface area contributed by atoms with Crippen molar-refractivity contribution in [2.24, 2.45) is 0 Å². The molecule has 1 amide bonds. The number of hydrogen-bond acceptors (Lipinski definition) is 6. The number of amides is 1. The van der Waals surface area contributed by atoms with Crippen LogP contribution >= 0.6 is 23.4 Å². The molecule has 0 spiro atoms. The van der Waals surface area contributed by atoms with Crippen molar-refractivity contribution in [2.75, 3.05) is 11.5 Å². The molecular formula is C21H28ClN5O2S. The SMILES string of the molecule is CC1(C)CC(NC(=O)CSc2nc(=O)cc(N)n2-c2ccc(Cl)cc2)CC(C)(C)N1. The highest BCUT2D eigenvalue weighted by Gasteiger charge is 2.38. The van der Waals surface area contributed by atoms with Gasteiger partial charge >= 0.3 is 0 Å². The fraction of sp³-hybridized carbons (Fsp3) is 0.476. The van der Waals surface area contributed by atoms with E-state index in [-0.39, 0.29) is 34.6 Å². The molecule has 3 rings (SSSR count). The summed E-state index contributed by atoms with van der Waals surface area (Å²) in [6, 6.07) is 8.38. The molecule has 1 aliphatic rings. The number of rotatable bonds is 5. The van der Waals surface area contributed by atoms with E-state index < -0.39 is 5.56 Å². The van der Waals surface area contributed by atoms with Crippen molar-refractivity contribution < 1.29 is 4.79 Å². The maximum absolute atomic E-state index is 12.7. The van der Waals surface area contributed by atoms with Crippen LogP contribution in [0.25, 0.3) is 5.69 Å². The second kappa shape index (κ2) is 8.61. The Kier molecular flexibility index (Phi) is 6.50. The fourth-order valence-electron chi connectivity index (χ4n) is 4.25. The zero-order valence-corrected chi connectivity index (χ0v) is 19.2. The third-order valence-corrected chi connectivity index (χ3v) is 6.09. The molecule has 4 N–H and O–H groups in total. The van der Waals surface area contributed by atoms with Crippen molar-refractivity contribution >= 4 is 35.1 Å². The van der Waals surface area contributed by atoms with E-state index in [9.17, 15) is 9.59 Å². The lowest BCUT2D eigenvalue weighted by Crippen LogP contribution is -2.62. The highest BCUT2D eigenvalue weighted by atomic mass is 35.5. The number of hydrogen-bond donors (Lipinski definition) is 3. The number of nitrogens with two attached hydrogens (primary N) is 1. The molecule has 0 bridgehead atoms. The molecule has 1 aromatic carbocycles. The van der Waals surface area contributed by atoms with Crippen LogP contribution < -0.4 is 21.9 Å². The average Bonchev–Trinajstić information content (AvgIpc) is 2.58. The van der Waals surface area contributed by atoms with E-state index in [0.29, 0.717) is 15.9 Å². The van der Waals surface area contributed by atoms with Gasteiger partial charge in [-0.15, -0.1) is 0 Å². The Hall–Kier alpha value is -2.03. The minimum absolute atomic E-state index is 0.0582. The molecule has 1 fully saturated rings. The molecule has 9 heteroatoms. The molecule has 0 aliphatic carbocycles. The summed E-state index contributed by atoms with van der Waals surface area (Å²) in [5.41, 5.74) is 6.24. The van der Waals surface area contributed by atoms with Crippen molar-refractivity contribution in [1.82, 2.24) is 20.2 Å². The van der Waals surface area contributed by atoms with Crippen molar-refractivity contribution in [1.29, 1.82) is 0 Å². The van der Waals surface area contributed by atoms with Crippen molar-refractivity contribution in [3.63, 3.8) is 0 Å². The molecule has 0 unspecified atom stereocenters. The summed E-state index contributed by atoms with van der Waals surface area (Å²) in [6.07, 6.45) is 1.69. The van der Waals surface area contributed by atoms with E-state index in [1.54, 1.807) is 28.8 Å². The number of nitrogens with one attached hydrogen (secondary N) is 2. The molecule has 0 radical (unpaired) electrons. The maximum atomic E-state index is 12.7. The lowest BCUT2D eigenvalue weighted by atomic mass is 9.79. The molecule has 1 aromatic heterocycles. The van der Waals surface area contributed by atoms with E-state index >= 15 is 0 Å². The lowest BCUT2D eigenvalue weighted by molar-refractivity contribution is -0.119. The smallest absolute Gasteiger partial charge is 0.275 e. The number of anilines is 1. The van der Waals surface area contributed by atoms with Crippen molar-refractivity contribution in [3.8, 4) is 5.69 Å². The second-order valence-electron chi connectivity index (χ2n) is 8.97. The molecule has 162 valence electrons. The van der Waals surface area contributed by atoms with Gasteiger partial charge < -0.3 is 16.4 Å². The second-order valence-corrected chi connectivity index (χ2v) is 10.3. The van der Waals surface area contributed by atoms with Crippen LogP contribution in [0.15, 0.2) is 40.3 Å². The van der Waals surface area contributed by atoms with Gasteiger partial charge in [0.25, 0.3) is 5.56 Å². The van der Waals surface area contributed by atoms with Gasteiger partial charge in [0.15, 0.2) is 5.16 Å². The first kappa shape index (κ1) is 22.7. The minimum atomic E-state index is -0.442. The van der Waals surface area contributed by atoms with Gasteiger partial charge in [0.1, 0.15) is 5.82 Å². The molecule has 0 atom stereocenters. The van der Waals surface area contributed by atoms with E-state index in [0.717, 1.165) is 12.8 Å². The van der Waals surface area contributed by atoms with Gasteiger partial charge in [-0.05, 0) is 64.8 Å². The normalized spacial score (nSPS) is 18.2. The first-order valence-corrected chi connectivity index (χ1v) is 11.2. The summed E-state index contributed by atoms with van der Waals surface area (Å²) in [6.45, 7) is 8.57. The number of aromatic nitrogens is 2. The van der Waals surface area contributed by atoms with Crippen LogP contribution in [0.3, 0.4) is 0 Å². The van der Waals surface area contributed by atoms with E-state index in [2.05, 4.69) is 43.3 Å². The molecule has 0 saturated carbocycles. The Balaban J connectivity index is 1.73. The zero-order valence-electron chi connectivity index (χ0n) is 17.7. The Morgan fingerprint density at radius 1 is 1.27 bits per heavy atom. The molecule has 1 aliphatic heterocycles. The summed E-state index contributed by atoms with van der Waals surface area (Å²) >= 11 is 7.15. The summed E-state index contributed by atoms with van der Waals surface area (Å²) in [7, 11) is 0. The molecule has 1 saturated heterocycles.